The van der Waals surface area contributed by atoms with E-state index in [-0.39, 0.29) is 10.6 Å². The highest BCUT2D eigenvalue weighted by molar-refractivity contribution is 7.89. The molecule has 1 aliphatic rings. The lowest BCUT2D eigenvalue weighted by Gasteiger charge is -2.30. The first-order valence-corrected chi connectivity index (χ1v) is 9.47. The maximum absolute atomic E-state index is 12.3. The van der Waals surface area contributed by atoms with Gasteiger partial charge in [-0.15, -0.1) is 0 Å². The van der Waals surface area contributed by atoms with Gasteiger partial charge in [-0.3, -0.25) is 0 Å². The predicted octanol–water partition coefficient (Wildman–Crippen LogP) is 1.22. The van der Waals surface area contributed by atoms with Crippen LogP contribution in [0.3, 0.4) is 0 Å². The second-order valence-corrected chi connectivity index (χ2v) is 7.84. The Morgan fingerprint density at radius 1 is 1.39 bits per heavy atom. The van der Waals surface area contributed by atoms with E-state index in [9.17, 15) is 13.2 Å². The van der Waals surface area contributed by atoms with E-state index in [0.29, 0.717) is 19.6 Å². The number of nitrogens with zero attached hydrogens (tertiary/aromatic N) is 2. The predicted molar refractivity (Wildman–Crippen MR) is 87.1 cm³/mol. The van der Waals surface area contributed by atoms with Gasteiger partial charge in [-0.25, -0.2) is 17.9 Å². The number of likely N-dealkylation sites (tertiary alicyclic amines) is 1. The van der Waals surface area contributed by atoms with Crippen molar-refractivity contribution in [1.82, 2.24) is 14.2 Å². The molecular weight excluding hydrogens is 318 g/mol. The summed E-state index contributed by atoms with van der Waals surface area (Å²) >= 11 is 0. The molecule has 7 nitrogen and oxygen atoms in total. The number of carboxylic acids is 1. The molecule has 0 aliphatic carbocycles. The number of aryl methyl sites for hydroxylation is 1. The molecule has 0 aromatic carbocycles. The number of aromatic carboxylic acids is 1. The number of hydrogen-bond acceptors (Lipinski definition) is 4. The third-order valence-electron chi connectivity index (χ3n) is 4.34. The van der Waals surface area contributed by atoms with Gasteiger partial charge in [0, 0.05) is 25.8 Å². The van der Waals surface area contributed by atoms with Gasteiger partial charge in [0.25, 0.3) is 0 Å². The van der Waals surface area contributed by atoms with Gasteiger partial charge in [0.1, 0.15) is 10.6 Å². The first kappa shape index (κ1) is 18.0. The molecule has 1 fully saturated rings. The van der Waals surface area contributed by atoms with Crippen LogP contribution < -0.4 is 4.72 Å². The minimum absolute atomic E-state index is 0.00372. The highest BCUT2D eigenvalue weighted by Crippen LogP contribution is 2.16. The average Bonchev–Trinajstić information content (AvgIpc) is 2.94. The summed E-state index contributed by atoms with van der Waals surface area (Å²) in [5.74, 6) is -0.387. The molecule has 0 bridgehead atoms. The zero-order valence-corrected chi connectivity index (χ0v) is 14.5. The molecule has 0 amide bonds. The first-order chi connectivity index (χ1) is 10.8. The van der Waals surface area contributed by atoms with E-state index in [1.807, 2.05) is 0 Å². The van der Waals surface area contributed by atoms with Crippen LogP contribution in [0.1, 0.15) is 37.2 Å². The second-order valence-electron chi connectivity index (χ2n) is 6.07. The lowest BCUT2D eigenvalue weighted by atomic mass is 9.99. The number of rotatable bonds is 7. The van der Waals surface area contributed by atoms with Crippen LogP contribution in [0, 0.1) is 5.92 Å². The molecule has 1 saturated heterocycles. The van der Waals surface area contributed by atoms with Gasteiger partial charge in [-0.2, -0.15) is 0 Å². The summed E-state index contributed by atoms with van der Waals surface area (Å²) in [6, 6.07) is 1.21. The molecule has 130 valence electrons. The van der Waals surface area contributed by atoms with E-state index < -0.39 is 16.0 Å². The Bertz CT molecular complexity index is 646. The van der Waals surface area contributed by atoms with Gasteiger partial charge in [0.15, 0.2) is 0 Å². The van der Waals surface area contributed by atoms with Crippen LogP contribution in [0.4, 0.5) is 0 Å². The van der Waals surface area contributed by atoms with Crippen molar-refractivity contribution in [2.45, 2.75) is 38.1 Å². The summed E-state index contributed by atoms with van der Waals surface area (Å²) in [6.45, 7) is 7.41. The molecule has 0 radical (unpaired) electrons. The van der Waals surface area contributed by atoms with Gasteiger partial charge in [-0.1, -0.05) is 6.92 Å². The Kier molecular flexibility index (Phi) is 5.83. The maximum atomic E-state index is 12.3. The molecular formula is C15H25N3O4S. The number of nitrogens with one attached hydrogen (secondary N) is 1. The minimum Gasteiger partial charge on any atom is -0.477 e. The van der Waals surface area contributed by atoms with E-state index in [1.54, 1.807) is 6.92 Å². The second kappa shape index (κ2) is 7.46. The average molecular weight is 343 g/mol. The first-order valence-electron chi connectivity index (χ1n) is 7.99. The zero-order chi connectivity index (χ0) is 17.0. The molecule has 23 heavy (non-hydrogen) atoms. The van der Waals surface area contributed by atoms with Gasteiger partial charge < -0.3 is 14.6 Å². The molecule has 1 aromatic rings. The number of piperidine rings is 1. The van der Waals surface area contributed by atoms with Crippen LogP contribution in [0.25, 0.3) is 0 Å². The quantitative estimate of drug-likeness (QED) is 0.777. The lowest BCUT2D eigenvalue weighted by Crippen LogP contribution is -2.39. The monoisotopic (exact) mass is 343 g/mol. The van der Waals surface area contributed by atoms with Gasteiger partial charge in [-0.05, 0) is 44.8 Å². The van der Waals surface area contributed by atoms with Crippen molar-refractivity contribution in [2.75, 3.05) is 26.2 Å². The van der Waals surface area contributed by atoms with E-state index in [4.69, 9.17) is 5.11 Å². The fourth-order valence-corrected chi connectivity index (χ4v) is 3.84. The van der Waals surface area contributed by atoms with Crippen molar-refractivity contribution < 1.29 is 18.3 Å². The van der Waals surface area contributed by atoms with Crippen molar-refractivity contribution in [1.29, 1.82) is 0 Å². The highest BCUT2D eigenvalue weighted by Gasteiger charge is 2.21. The number of carboxylic acid groups (broad SMARTS) is 1. The van der Waals surface area contributed by atoms with Crippen LogP contribution in [0.2, 0.25) is 0 Å². The summed E-state index contributed by atoms with van der Waals surface area (Å²) in [6.07, 6.45) is 3.66. The normalized spacial score (nSPS) is 17.5. The van der Waals surface area contributed by atoms with E-state index in [0.717, 1.165) is 31.8 Å². The Balaban J connectivity index is 1.95. The topological polar surface area (TPSA) is 91.6 Å². The molecule has 2 heterocycles. The highest BCUT2D eigenvalue weighted by atomic mass is 32.2. The van der Waals surface area contributed by atoms with Gasteiger partial charge in [0.2, 0.25) is 10.0 Å². The Hall–Kier alpha value is -1.38. The van der Waals surface area contributed by atoms with Gasteiger partial charge in [0.05, 0.1) is 0 Å². The summed E-state index contributed by atoms with van der Waals surface area (Å²) in [4.78, 5) is 13.4. The summed E-state index contributed by atoms with van der Waals surface area (Å²) < 4.78 is 28.6. The molecule has 0 saturated carbocycles. The summed E-state index contributed by atoms with van der Waals surface area (Å²) in [5.41, 5.74) is -0.0158. The van der Waals surface area contributed by atoms with Crippen molar-refractivity contribution >= 4 is 16.0 Å². The van der Waals surface area contributed by atoms with E-state index >= 15 is 0 Å². The Morgan fingerprint density at radius 3 is 2.57 bits per heavy atom. The fourth-order valence-electron chi connectivity index (χ4n) is 2.78. The largest absolute Gasteiger partial charge is 0.477 e. The van der Waals surface area contributed by atoms with Crippen molar-refractivity contribution in [3.8, 4) is 0 Å². The van der Waals surface area contributed by atoms with Crippen molar-refractivity contribution in [2.24, 2.45) is 5.92 Å². The smallest absolute Gasteiger partial charge is 0.352 e. The van der Waals surface area contributed by atoms with E-state index in [1.165, 1.54) is 16.8 Å². The molecule has 2 rings (SSSR count). The molecule has 1 aliphatic heterocycles. The van der Waals surface area contributed by atoms with Crippen LogP contribution in [-0.4, -0.2) is 55.1 Å². The molecule has 0 unspecified atom stereocenters. The number of carbonyl (C=O) groups is 1. The van der Waals surface area contributed by atoms with Crippen molar-refractivity contribution in [3.05, 3.63) is 18.0 Å². The Labute approximate surface area is 137 Å². The minimum atomic E-state index is -3.68. The Morgan fingerprint density at radius 2 is 2.04 bits per heavy atom. The number of sulfonamides is 1. The number of aromatic nitrogens is 1. The molecule has 1 aromatic heterocycles. The lowest BCUT2D eigenvalue weighted by molar-refractivity contribution is 0.0685. The van der Waals surface area contributed by atoms with Gasteiger partial charge >= 0.3 is 5.97 Å². The molecule has 8 heteroatoms. The van der Waals surface area contributed by atoms with Crippen LogP contribution >= 0.6 is 0 Å². The van der Waals surface area contributed by atoms with Crippen LogP contribution in [0.15, 0.2) is 17.2 Å². The SMILES string of the molecule is CCn1cc(S(=O)(=O)NCCN2CCC(C)CC2)cc1C(=O)O. The summed E-state index contributed by atoms with van der Waals surface area (Å²) in [5, 5.41) is 9.10. The van der Waals surface area contributed by atoms with Crippen LogP contribution in [0.5, 0.6) is 0 Å². The standard InChI is InChI=1S/C15H25N3O4S/c1-3-18-11-13(10-14(18)15(19)20)23(21,22)16-6-9-17-7-4-12(2)5-8-17/h10-12,16H,3-9H2,1-2H3,(H,19,20). The fraction of sp³-hybridized carbons (Fsp3) is 0.667. The zero-order valence-electron chi connectivity index (χ0n) is 13.7. The van der Waals surface area contributed by atoms with E-state index in [2.05, 4.69) is 16.5 Å². The maximum Gasteiger partial charge on any atom is 0.352 e. The molecule has 2 N–H and O–H groups in total. The van der Waals surface area contributed by atoms with Crippen molar-refractivity contribution in [3.63, 3.8) is 0 Å². The third-order valence-corrected chi connectivity index (χ3v) is 5.77. The summed E-state index contributed by atoms with van der Waals surface area (Å²) in [7, 11) is -3.68. The number of hydrogen-bond donors (Lipinski definition) is 2. The van der Waals surface area contributed by atoms with Crippen LogP contribution in [-0.2, 0) is 16.6 Å². The molecule has 0 atom stereocenters. The third kappa shape index (κ3) is 4.55. The molecule has 0 spiro atoms.